The molecule has 0 saturated carbocycles. The van der Waals surface area contributed by atoms with E-state index in [1.807, 2.05) is 30.5 Å². The van der Waals surface area contributed by atoms with Crippen molar-refractivity contribution >= 4 is 11.3 Å². The van der Waals surface area contributed by atoms with Crippen LogP contribution in [-0.2, 0) is 0 Å². The Morgan fingerprint density at radius 2 is 2.06 bits per heavy atom. The number of aromatic nitrogens is 1. The van der Waals surface area contributed by atoms with Gasteiger partial charge in [-0.2, -0.15) is 0 Å². The van der Waals surface area contributed by atoms with E-state index in [0.29, 0.717) is 0 Å². The molecule has 1 atom stereocenters. The fourth-order valence-electron chi connectivity index (χ4n) is 1.63. The normalized spacial score (nSPS) is 12.2. The third-order valence-corrected chi connectivity index (χ3v) is 3.64. The molecule has 96 valence electrons. The molecule has 2 aromatic rings. The number of methoxy groups -OCH3 is 2. The Hall–Kier alpha value is -1.59. The van der Waals surface area contributed by atoms with Crippen LogP contribution in [0, 0.1) is 0 Å². The molecule has 0 radical (unpaired) electrons. The summed E-state index contributed by atoms with van der Waals surface area (Å²) in [6.07, 6.45) is 0. The zero-order chi connectivity index (χ0) is 13.1. The van der Waals surface area contributed by atoms with Gasteiger partial charge < -0.3 is 15.2 Å². The van der Waals surface area contributed by atoms with Gasteiger partial charge in [-0.25, -0.2) is 4.98 Å². The molecule has 0 bridgehead atoms. The molecule has 0 aliphatic carbocycles. The Kier molecular flexibility index (Phi) is 3.84. The minimum atomic E-state index is -0.0552. The van der Waals surface area contributed by atoms with E-state index in [1.165, 1.54) is 0 Å². The van der Waals surface area contributed by atoms with Crippen molar-refractivity contribution in [3.8, 4) is 22.8 Å². The van der Waals surface area contributed by atoms with E-state index in [4.69, 9.17) is 15.2 Å². The highest BCUT2D eigenvalue weighted by Crippen LogP contribution is 2.34. The third-order valence-electron chi connectivity index (χ3n) is 2.59. The van der Waals surface area contributed by atoms with Gasteiger partial charge in [-0.1, -0.05) is 0 Å². The molecule has 5 heteroatoms. The van der Waals surface area contributed by atoms with Crippen molar-refractivity contribution in [3.63, 3.8) is 0 Å². The summed E-state index contributed by atoms with van der Waals surface area (Å²) in [6.45, 7) is 1.92. The van der Waals surface area contributed by atoms with Gasteiger partial charge in [-0.3, -0.25) is 0 Å². The molecule has 0 aliphatic rings. The van der Waals surface area contributed by atoms with E-state index in [-0.39, 0.29) is 6.04 Å². The lowest BCUT2D eigenvalue weighted by Crippen LogP contribution is -2.04. The molecule has 0 aliphatic heterocycles. The maximum absolute atomic E-state index is 5.82. The molecule has 1 aromatic heterocycles. The van der Waals surface area contributed by atoms with Crippen molar-refractivity contribution < 1.29 is 9.47 Å². The van der Waals surface area contributed by atoms with Crippen molar-refractivity contribution in [1.29, 1.82) is 0 Å². The molecule has 0 fully saturated rings. The first kappa shape index (κ1) is 12.9. The molecule has 1 aromatic carbocycles. The first-order valence-electron chi connectivity index (χ1n) is 5.59. The van der Waals surface area contributed by atoms with Crippen molar-refractivity contribution in [1.82, 2.24) is 4.98 Å². The molecule has 1 unspecified atom stereocenters. The highest BCUT2D eigenvalue weighted by atomic mass is 32.1. The number of thiazole rings is 1. The first-order chi connectivity index (χ1) is 8.65. The number of nitrogens with two attached hydrogens (primary N) is 1. The van der Waals surface area contributed by atoms with E-state index in [2.05, 4.69) is 4.98 Å². The van der Waals surface area contributed by atoms with Crippen LogP contribution in [0.5, 0.6) is 11.5 Å². The van der Waals surface area contributed by atoms with Crippen LogP contribution in [0.25, 0.3) is 11.3 Å². The van der Waals surface area contributed by atoms with Crippen LogP contribution in [-0.4, -0.2) is 19.2 Å². The Morgan fingerprint density at radius 3 is 2.61 bits per heavy atom. The molecule has 18 heavy (non-hydrogen) atoms. The van der Waals surface area contributed by atoms with Gasteiger partial charge >= 0.3 is 0 Å². The number of rotatable bonds is 4. The van der Waals surface area contributed by atoms with Gasteiger partial charge in [0, 0.05) is 10.9 Å². The van der Waals surface area contributed by atoms with Gasteiger partial charge in [-0.15, -0.1) is 11.3 Å². The number of nitrogens with zero attached hydrogens (tertiary/aromatic N) is 1. The van der Waals surface area contributed by atoms with Crippen LogP contribution in [0.4, 0.5) is 0 Å². The molecule has 0 amide bonds. The molecular formula is C13H16N2O2S. The number of ether oxygens (including phenoxy) is 2. The van der Waals surface area contributed by atoms with E-state index in [0.717, 1.165) is 27.8 Å². The summed E-state index contributed by atoms with van der Waals surface area (Å²) in [5.41, 5.74) is 7.60. The summed E-state index contributed by atoms with van der Waals surface area (Å²) < 4.78 is 10.6. The van der Waals surface area contributed by atoms with Gasteiger partial charge in [0.15, 0.2) is 0 Å². The molecular weight excluding hydrogens is 248 g/mol. The predicted molar refractivity (Wildman–Crippen MR) is 73.3 cm³/mol. The monoisotopic (exact) mass is 264 g/mol. The van der Waals surface area contributed by atoms with Crippen LogP contribution < -0.4 is 15.2 Å². The average Bonchev–Trinajstić information content (AvgIpc) is 2.87. The predicted octanol–water partition coefficient (Wildman–Crippen LogP) is 2.85. The summed E-state index contributed by atoms with van der Waals surface area (Å²) in [5, 5.41) is 2.89. The van der Waals surface area contributed by atoms with Crippen LogP contribution in [0.1, 0.15) is 18.0 Å². The largest absolute Gasteiger partial charge is 0.497 e. The van der Waals surface area contributed by atoms with Crippen LogP contribution in [0.3, 0.4) is 0 Å². The van der Waals surface area contributed by atoms with Gasteiger partial charge in [-0.05, 0) is 25.1 Å². The minimum Gasteiger partial charge on any atom is -0.497 e. The number of benzene rings is 1. The average molecular weight is 264 g/mol. The summed E-state index contributed by atoms with van der Waals surface area (Å²) in [4.78, 5) is 4.52. The highest BCUT2D eigenvalue weighted by molar-refractivity contribution is 7.10. The van der Waals surface area contributed by atoms with Crippen LogP contribution in [0.2, 0.25) is 0 Å². The topological polar surface area (TPSA) is 57.4 Å². The highest BCUT2D eigenvalue weighted by Gasteiger charge is 2.12. The van der Waals surface area contributed by atoms with E-state index >= 15 is 0 Å². The van der Waals surface area contributed by atoms with Crippen LogP contribution in [0.15, 0.2) is 23.6 Å². The summed E-state index contributed by atoms with van der Waals surface area (Å²) in [5.74, 6) is 1.55. The maximum Gasteiger partial charge on any atom is 0.128 e. The van der Waals surface area contributed by atoms with E-state index < -0.39 is 0 Å². The van der Waals surface area contributed by atoms with E-state index in [1.54, 1.807) is 25.6 Å². The fourth-order valence-corrected chi connectivity index (χ4v) is 2.41. The van der Waals surface area contributed by atoms with E-state index in [9.17, 15) is 0 Å². The number of hydrogen-bond acceptors (Lipinski definition) is 5. The standard InChI is InChI=1S/C13H16N2O2S/c1-8(14)13-15-11(7-18-13)10-6-9(16-2)4-5-12(10)17-3/h4-8H,14H2,1-3H3. The zero-order valence-electron chi connectivity index (χ0n) is 10.6. The lowest BCUT2D eigenvalue weighted by atomic mass is 10.1. The molecule has 1 heterocycles. The van der Waals surface area contributed by atoms with Crippen molar-refractivity contribution in [2.24, 2.45) is 5.73 Å². The maximum atomic E-state index is 5.82. The Labute approximate surface area is 110 Å². The smallest absolute Gasteiger partial charge is 0.128 e. The van der Waals surface area contributed by atoms with Crippen molar-refractivity contribution in [2.45, 2.75) is 13.0 Å². The molecule has 0 spiro atoms. The molecule has 4 nitrogen and oxygen atoms in total. The third kappa shape index (κ3) is 2.47. The quantitative estimate of drug-likeness (QED) is 0.922. The molecule has 2 rings (SSSR count). The fraction of sp³-hybridized carbons (Fsp3) is 0.308. The summed E-state index contributed by atoms with van der Waals surface area (Å²) >= 11 is 1.55. The molecule has 0 saturated heterocycles. The Bertz CT molecular complexity index is 538. The lowest BCUT2D eigenvalue weighted by Gasteiger charge is -2.08. The Morgan fingerprint density at radius 1 is 1.28 bits per heavy atom. The second-order valence-corrected chi connectivity index (χ2v) is 4.82. The van der Waals surface area contributed by atoms with Crippen molar-refractivity contribution in [3.05, 3.63) is 28.6 Å². The first-order valence-corrected chi connectivity index (χ1v) is 6.47. The van der Waals surface area contributed by atoms with Gasteiger partial charge in [0.1, 0.15) is 16.5 Å². The van der Waals surface area contributed by atoms with Gasteiger partial charge in [0.25, 0.3) is 0 Å². The van der Waals surface area contributed by atoms with Gasteiger partial charge in [0.2, 0.25) is 0 Å². The zero-order valence-corrected chi connectivity index (χ0v) is 11.5. The second kappa shape index (κ2) is 5.37. The Balaban J connectivity index is 2.46. The second-order valence-electron chi connectivity index (χ2n) is 3.93. The summed E-state index contributed by atoms with van der Waals surface area (Å²) in [6, 6.07) is 5.60. The SMILES string of the molecule is COc1ccc(OC)c(-c2csc(C(C)N)n2)c1. The lowest BCUT2D eigenvalue weighted by molar-refractivity contribution is 0.404. The van der Waals surface area contributed by atoms with Gasteiger partial charge in [0.05, 0.1) is 26.0 Å². The summed E-state index contributed by atoms with van der Waals surface area (Å²) in [7, 11) is 3.28. The van der Waals surface area contributed by atoms with Crippen LogP contribution >= 0.6 is 11.3 Å². The minimum absolute atomic E-state index is 0.0552. The van der Waals surface area contributed by atoms with Crippen molar-refractivity contribution in [2.75, 3.05) is 14.2 Å². The molecule has 2 N–H and O–H groups in total. The number of hydrogen-bond donors (Lipinski definition) is 1.